The Hall–Kier alpha value is -2.44. The summed E-state index contributed by atoms with van der Waals surface area (Å²) < 4.78 is 5.17. The summed E-state index contributed by atoms with van der Waals surface area (Å²) in [5.74, 6) is -1.45. The van der Waals surface area contributed by atoms with Crippen molar-refractivity contribution in [3.8, 4) is 5.88 Å². The van der Waals surface area contributed by atoms with E-state index in [0.29, 0.717) is 6.42 Å². The van der Waals surface area contributed by atoms with Crippen LogP contribution in [-0.4, -0.2) is 27.6 Å². The number of carboxylic acid groups (broad SMARTS) is 1. The minimum Gasteiger partial charge on any atom is -0.477 e. The van der Waals surface area contributed by atoms with E-state index in [-0.39, 0.29) is 23.7 Å². The van der Waals surface area contributed by atoms with Crippen LogP contribution in [-0.2, 0) is 0 Å². The fraction of sp³-hybridized carbons (Fsp3) is 0.273. The molecular weight excluding hydrogens is 240 g/mol. The number of rotatable bonds is 6. The van der Waals surface area contributed by atoms with E-state index >= 15 is 0 Å². The second-order valence-electron chi connectivity index (χ2n) is 3.66. The molecule has 0 unspecified atom stereocenters. The highest BCUT2D eigenvalue weighted by atomic mass is 16.6. The lowest BCUT2D eigenvalue weighted by atomic mass is 10.2. The number of carbonyl (C=O) groups is 1. The molecule has 0 spiro atoms. The fourth-order valence-corrected chi connectivity index (χ4v) is 1.13. The third kappa shape index (κ3) is 3.55. The summed E-state index contributed by atoms with van der Waals surface area (Å²) in [4.78, 5) is 24.4. The Morgan fingerprint density at radius 1 is 1.67 bits per heavy atom. The van der Waals surface area contributed by atoms with E-state index in [1.54, 1.807) is 0 Å². The molecule has 7 heteroatoms. The Morgan fingerprint density at radius 3 is 2.83 bits per heavy atom. The molecule has 1 aromatic heterocycles. The number of nitro groups is 1. The third-order valence-corrected chi connectivity index (χ3v) is 2.05. The highest BCUT2D eigenvalue weighted by Crippen LogP contribution is 2.21. The number of carboxylic acids is 1. The van der Waals surface area contributed by atoms with Gasteiger partial charge in [0, 0.05) is 12.5 Å². The molecule has 1 heterocycles. The number of ether oxygens (including phenoxy) is 1. The van der Waals surface area contributed by atoms with Crippen LogP contribution in [0, 0.1) is 10.1 Å². The summed E-state index contributed by atoms with van der Waals surface area (Å²) in [5.41, 5.74) is 0.166. The molecule has 0 saturated heterocycles. The number of aromatic carboxylic acids is 1. The average molecular weight is 252 g/mol. The molecule has 0 amide bonds. The normalized spacial score (nSPS) is 9.83. The van der Waals surface area contributed by atoms with Gasteiger partial charge in [-0.3, -0.25) is 10.1 Å². The van der Waals surface area contributed by atoms with Crippen LogP contribution >= 0.6 is 0 Å². The molecule has 18 heavy (non-hydrogen) atoms. The molecule has 0 aromatic carbocycles. The second-order valence-corrected chi connectivity index (χ2v) is 3.66. The first kappa shape index (κ1) is 13.6. The van der Waals surface area contributed by atoms with Crippen molar-refractivity contribution in [2.45, 2.75) is 13.3 Å². The molecule has 0 saturated carbocycles. The van der Waals surface area contributed by atoms with Gasteiger partial charge in [0.15, 0.2) is 0 Å². The molecular formula is C11H12N2O5. The highest BCUT2D eigenvalue weighted by molar-refractivity contribution is 5.90. The smallest absolute Gasteiger partial charge is 0.341 e. The molecule has 1 aromatic rings. The van der Waals surface area contributed by atoms with Crippen molar-refractivity contribution in [3.05, 3.63) is 40.1 Å². The Balaban J connectivity index is 2.93. The number of hydrogen-bond donors (Lipinski definition) is 1. The van der Waals surface area contributed by atoms with E-state index in [4.69, 9.17) is 9.84 Å². The van der Waals surface area contributed by atoms with Crippen molar-refractivity contribution in [3.63, 3.8) is 0 Å². The number of hydrogen-bond acceptors (Lipinski definition) is 5. The quantitative estimate of drug-likeness (QED) is 0.472. The first-order valence-corrected chi connectivity index (χ1v) is 5.06. The van der Waals surface area contributed by atoms with Gasteiger partial charge in [-0.05, 0) is 6.92 Å². The summed E-state index contributed by atoms with van der Waals surface area (Å²) in [6, 6.07) is 0.922. The van der Waals surface area contributed by atoms with Crippen molar-refractivity contribution in [2.75, 3.05) is 6.61 Å². The molecule has 0 fully saturated rings. The minimum absolute atomic E-state index is 0.130. The van der Waals surface area contributed by atoms with E-state index in [1.165, 1.54) is 0 Å². The Labute approximate surface area is 103 Å². The van der Waals surface area contributed by atoms with E-state index in [9.17, 15) is 14.9 Å². The molecule has 0 atom stereocenters. The maximum Gasteiger partial charge on any atom is 0.341 e. The molecule has 1 rings (SSSR count). The lowest BCUT2D eigenvalue weighted by molar-refractivity contribution is -0.385. The van der Waals surface area contributed by atoms with Gasteiger partial charge >= 0.3 is 5.97 Å². The SMILES string of the molecule is C=C(C)CCOc1ncc([N+](=O)[O-])cc1C(=O)O. The largest absolute Gasteiger partial charge is 0.477 e. The zero-order chi connectivity index (χ0) is 13.7. The van der Waals surface area contributed by atoms with Gasteiger partial charge in [0.1, 0.15) is 11.8 Å². The van der Waals surface area contributed by atoms with Crippen molar-refractivity contribution < 1.29 is 19.6 Å². The van der Waals surface area contributed by atoms with Crippen LogP contribution in [0.4, 0.5) is 5.69 Å². The van der Waals surface area contributed by atoms with Crippen molar-refractivity contribution in [1.29, 1.82) is 0 Å². The summed E-state index contributed by atoms with van der Waals surface area (Å²) in [7, 11) is 0. The van der Waals surface area contributed by atoms with Crippen molar-refractivity contribution in [2.24, 2.45) is 0 Å². The van der Waals surface area contributed by atoms with Crippen LogP contribution in [0.3, 0.4) is 0 Å². The first-order chi connectivity index (χ1) is 8.41. The van der Waals surface area contributed by atoms with Gasteiger partial charge in [0.05, 0.1) is 11.5 Å². The van der Waals surface area contributed by atoms with Crippen LogP contribution in [0.25, 0.3) is 0 Å². The highest BCUT2D eigenvalue weighted by Gasteiger charge is 2.18. The zero-order valence-corrected chi connectivity index (χ0v) is 9.75. The van der Waals surface area contributed by atoms with E-state index in [1.807, 2.05) is 6.92 Å². The molecule has 0 aliphatic carbocycles. The van der Waals surface area contributed by atoms with Gasteiger partial charge in [-0.2, -0.15) is 0 Å². The fourth-order valence-electron chi connectivity index (χ4n) is 1.13. The summed E-state index contributed by atoms with van der Waals surface area (Å²) in [6.45, 7) is 5.71. The molecule has 96 valence electrons. The first-order valence-electron chi connectivity index (χ1n) is 5.06. The van der Waals surface area contributed by atoms with Gasteiger partial charge in [-0.15, -0.1) is 6.58 Å². The van der Waals surface area contributed by atoms with Crippen molar-refractivity contribution >= 4 is 11.7 Å². The number of nitrogens with zero attached hydrogens (tertiary/aromatic N) is 2. The monoisotopic (exact) mass is 252 g/mol. The van der Waals surface area contributed by atoms with Gasteiger partial charge in [0.25, 0.3) is 5.69 Å². The van der Waals surface area contributed by atoms with Crippen LogP contribution in [0.15, 0.2) is 24.4 Å². The molecule has 7 nitrogen and oxygen atoms in total. The van der Waals surface area contributed by atoms with E-state index < -0.39 is 10.9 Å². The van der Waals surface area contributed by atoms with Gasteiger partial charge in [-0.1, -0.05) is 5.57 Å². The predicted octanol–water partition coefficient (Wildman–Crippen LogP) is 2.03. The summed E-state index contributed by atoms with van der Waals surface area (Å²) in [6.07, 6.45) is 1.51. The van der Waals surface area contributed by atoms with Crippen LogP contribution in [0.1, 0.15) is 23.7 Å². The molecule has 0 aliphatic heterocycles. The molecule has 0 bridgehead atoms. The minimum atomic E-state index is -1.32. The molecule has 1 N–H and O–H groups in total. The van der Waals surface area contributed by atoms with Crippen LogP contribution in [0.2, 0.25) is 0 Å². The van der Waals surface area contributed by atoms with Gasteiger partial charge in [0.2, 0.25) is 5.88 Å². The van der Waals surface area contributed by atoms with Crippen LogP contribution < -0.4 is 4.74 Å². The van der Waals surface area contributed by atoms with Gasteiger partial charge in [-0.25, -0.2) is 9.78 Å². The predicted molar refractivity (Wildman–Crippen MR) is 62.8 cm³/mol. The topological polar surface area (TPSA) is 103 Å². The number of pyridine rings is 1. The zero-order valence-electron chi connectivity index (χ0n) is 9.75. The summed E-state index contributed by atoms with van der Waals surface area (Å²) >= 11 is 0. The lowest BCUT2D eigenvalue weighted by Gasteiger charge is -2.07. The Morgan fingerprint density at radius 2 is 2.33 bits per heavy atom. The Kier molecular flexibility index (Phi) is 4.36. The second kappa shape index (κ2) is 5.76. The Bertz CT molecular complexity index is 498. The maximum atomic E-state index is 10.9. The van der Waals surface area contributed by atoms with E-state index in [2.05, 4.69) is 11.6 Å². The lowest BCUT2D eigenvalue weighted by Crippen LogP contribution is -2.07. The number of aromatic nitrogens is 1. The van der Waals surface area contributed by atoms with Gasteiger partial charge < -0.3 is 9.84 Å². The molecule has 0 radical (unpaired) electrons. The summed E-state index contributed by atoms with van der Waals surface area (Å²) in [5, 5.41) is 19.4. The van der Waals surface area contributed by atoms with Crippen LogP contribution in [0.5, 0.6) is 5.88 Å². The average Bonchev–Trinajstić information content (AvgIpc) is 2.28. The molecule has 0 aliphatic rings. The third-order valence-electron chi connectivity index (χ3n) is 2.05. The van der Waals surface area contributed by atoms with Crippen molar-refractivity contribution in [1.82, 2.24) is 4.98 Å². The maximum absolute atomic E-state index is 10.9. The standard InChI is InChI=1S/C11H12N2O5/c1-7(2)3-4-18-10-9(11(14)15)5-8(6-12-10)13(16)17/h5-6H,1,3-4H2,2H3,(H,14,15). The van der Waals surface area contributed by atoms with E-state index in [0.717, 1.165) is 17.8 Å².